The average molecular weight is 259 g/mol. The van der Waals surface area contributed by atoms with Crippen molar-refractivity contribution in [2.45, 2.75) is 6.92 Å². The zero-order valence-electron chi connectivity index (χ0n) is 9.47. The van der Waals surface area contributed by atoms with Gasteiger partial charge in [-0.05, 0) is 30.6 Å². The van der Waals surface area contributed by atoms with Crippen molar-refractivity contribution < 1.29 is 9.90 Å². The number of benzene rings is 1. The molecule has 0 fully saturated rings. The number of aromatic amines is 1. The van der Waals surface area contributed by atoms with Gasteiger partial charge in [-0.25, -0.2) is 4.79 Å². The molecule has 0 atom stereocenters. The van der Waals surface area contributed by atoms with Gasteiger partial charge in [0.15, 0.2) is 0 Å². The Balaban J connectivity index is 2.10. The van der Waals surface area contributed by atoms with Crippen LogP contribution in [0, 0.1) is 6.92 Å². The van der Waals surface area contributed by atoms with Crippen molar-refractivity contribution in [2.75, 3.05) is 0 Å². The Hall–Kier alpha value is -2.21. The number of aromatic nitrogens is 3. The van der Waals surface area contributed by atoms with Crippen molar-refractivity contribution in [2.24, 2.45) is 0 Å². The fourth-order valence-electron chi connectivity index (χ4n) is 1.80. The lowest BCUT2D eigenvalue weighted by Gasteiger charge is -1.96. The number of H-pyrrole nitrogens is 1. The Morgan fingerprint density at radius 2 is 2.22 bits per heavy atom. The number of carboxylic acids is 1. The van der Waals surface area contributed by atoms with Crippen LogP contribution in [0.5, 0.6) is 0 Å². The molecule has 1 aromatic carbocycles. The number of fused-ring (bicyclic) bond motifs is 1. The number of aryl methyl sites for hydroxylation is 1. The second kappa shape index (κ2) is 3.92. The molecule has 0 aliphatic heterocycles. The molecule has 2 aromatic heterocycles. The molecular weight excluding hydrogens is 250 g/mol. The van der Waals surface area contributed by atoms with E-state index in [1.165, 1.54) is 17.6 Å². The molecule has 0 aliphatic rings. The maximum absolute atomic E-state index is 10.8. The third kappa shape index (κ3) is 1.67. The Kier molecular flexibility index (Phi) is 2.38. The van der Waals surface area contributed by atoms with E-state index in [-0.39, 0.29) is 5.69 Å². The molecule has 90 valence electrons. The van der Waals surface area contributed by atoms with Crippen molar-refractivity contribution in [3.63, 3.8) is 0 Å². The van der Waals surface area contributed by atoms with Gasteiger partial charge in [0.25, 0.3) is 0 Å². The first-order valence-electron chi connectivity index (χ1n) is 5.30. The lowest BCUT2D eigenvalue weighted by atomic mass is 10.1. The summed E-state index contributed by atoms with van der Waals surface area (Å²) in [5, 5.41) is 16.5. The number of nitrogens with zero attached hydrogens (tertiary/aromatic N) is 2. The standard InChI is InChI=1S/C12H9N3O2S/c1-6-8-3-2-7(4-11(8)18-15-6)9-5-10(12(16)17)14-13-9/h2-5H,1H3,(H,13,14)(H,16,17). The molecule has 18 heavy (non-hydrogen) atoms. The summed E-state index contributed by atoms with van der Waals surface area (Å²) in [5.41, 5.74) is 2.61. The van der Waals surface area contributed by atoms with Crippen molar-refractivity contribution in [3.8, 4) is 11.3 Å². The predicted molar refractivity (Wildman–Crippen MR) is 68.9 cm³/mol. The number of hydrogen-bond donors (Lipinski definition) is 2. The van der Waals surface area contributed by atoms with E-state index < -0.39 is 5.97 Å². The molecule has 2 N–H and O–H groups in total. The number of rotatable bonds is 2. The van der Waals surface area contributed by atoms with Crippen LogP contribution in [0.25, 0.3) is 21.3 Å². The van der Waals surface area contributed by atoms with Crippen LogP contribution in [-0.4, -0.2) is 25.6 Å². The minimum absolute atomic E-state index is 0.0885. The highest BCUT2D eigenvalue weighted by atomic mass is 32.1. The molecule has 0 saturated carbocycles. The normalized spacial score (nSPS) is 10.9. The summed E-state index contributed by atoms with van der Waals surface area (Å²) in [4.78, 5) is 10.8. The number of nitrogens with one attached hydrogen (secondary N) is 1. The zero-order valence-corrected chi connectivity index (χ0v) is 10.3. The van der Waals surface area contributed by atoms with Crippen LogP contribution in [0.1, 0.15) is 16.2 Å². The molecule has 0 unspecified atom stereocenters. The van der Waals surface area contributed by atoms with E-state index in [1.54, 1.807) is 0 Å². The molecule has 0 spiro atoms. The first kappa shape index (κ1) is 10.9. The zero-order chi connectivity index (χ0) is 12.7. The van der Waals surface area contributed by atoms with Gasteiger partial charge in [0.1, 0.15) is 5.69 Å². The summed E-state index contributed by atoms with van der Waals surface area (Å²) in [6, 6.07) is 7.41. The van der Waals surface area contributed by atoms with Crippen LogP contribution in [-0.2, 0) is 0 Å². The van der Waals surface area contributed by atoms with E-state index in [0.717, 1.165) is 21.3 Å². The molecule has 3 rings (SSSR count). The Morgan fingerprint density at radius 3 is 2.94 bits per heavy atom. The molecule has 0 bridgehead atoms. The largest absolute Gasteiger partial charge is 0.477 e. The fourth-order valence-corrected chi connectivity index (χ4v) is 2.63. The highest BCUT2D eigenvalue weighted by Gasteiger charge is 2.10. The minimum atomic E-state index is -1.01. The Labute approximate surface area is 106 Å². The van der Waals surface area contributed by atoms with Crippen molar-refractivity contribution in [1.29, 1.82) is 0 Å². The van der Waals surface area contributed by atoms with Crippen LogP contribution in [0.15, 0.2) is 24.3 Å². The van der Waals surface area contributed by atoms with Crippen LogP contribution in [0.3, 0.4) is 0 Å². The van der Waals surface area contributed by atoms with E-state index in [4.69, 9.17) is 5.11 Å². The van der Waals surface area contributed by atoms with E-state index in [1.807, 2.05) is 25.1 Å². The smallest absolute Gasteiger partial charge is 0.353 e. The predicted octanol–water partition coefficient (Wildman–Crippen LogP) is 2.69. The lowest BCUT2D eigenvalue weighted by molar-refractivity contribution is 0.0690. The molecular formula is C12H9N3O2S. The van der Waals surface area contributed by atoms with Crippen molar-refractivity contribution >= 4 is 27.6 Å². The lowest BCUT2D eigenvalue weighted by Crippen LogP contribution is -1.95. The molecule has 2 heterocycles. The first-order valence-corrected chi connectivity index (χ1v) is 6.07. The Bertz CT molecular complexity index is 745. The second-order valence-corrected chi connectivity index (χ2v) is 4.76. The third-order valence-electron chi connectivity index (χ3n) is 2.76. The van der Waals surface area contributed by atoms with E-state index in [9.17, 15) is 4.79 Å². The van der Waals surface area contributed by atoms with Crippen LogP contribution in [0.2, 0.25) is 0 Å². The van der Waals surface area contributed by atoms with Crippen molar-refractivity contribution in [1.82, 2.24) is 14.6 Å². The first-order chi connectivity index (χ1) is 8.65. The van der Waals surface area contributed by atoms with Gasteiger partial charge in [-0.15, -0.1) is 0 Å². The van der Waals surface area contributed by atoms with E-state index in [0.29, 0.717) is 5.69 Å². The number of aromatic carboxylic acids is 1. The number of carboxylic acid groups (broad SMARTS) is 1. The van der Waals surface area contributed by atoms with Gasteiger partial charge in [-0.3, -0.25) is 5.10 Å². The highest BCUT2D eigenvalue weighted by Crippen LogP contribution is 2.27. The fraction of sp³-hybridized carbons (Fsp3) is 0.0833. The van der Waals surface area contributed by atoms with Crippen LogP contribution < -0.4 is 0 Å². The third-order valence-corrected chi connectivity index (χ3v) is 3.66. The molecule has 6 heteroatoms. The van der Waals surface area contributed by atoms with E-state index in [2.05, 4.69) is 14.6 Å². The summed E-state index contributed by atoms with van der Waals surface area (Å²) in [7, 11) is 0. The molecule has 0 radical (unpaired) electrons. The quantitative estimate of drug-likeness (QED) is 0.741. The molecule has 5 nitrogen and oxygen atoms in total. The topological polar surface area (TPSA) is 78.9 Å². The summed E-state index contributed by atoms with van der Waals surface area (Å²) in [5.74, 6) is -1.01. The van der Waals surface area contributed by atoms with Gasteiger partial charge >= 0.3 is 5.97 Å². The summed E-state index contributed by atoms with van der Waals surface area (Å²) < 4.78 is 5.36. The maximum Gasteiger partial charge on any atom is 0.353 e. The van der Waals surface area contributed by atoms with Gasteiger partial charge in [0, 0.05) is 10.9 Å². The van der Waals surface area contributed by atoms with Crippen molar-refractivity contribution in [3.05, 3.63) is 35.7 Å². The summed E-state index contributed by atoms with van der Waals surface area (Å²) in [6.45, 7) is 1.97. The number of carbonyl (C=O) groups is 1. The maximum atomic E-state index is 10.8. The van der Waals surface area contributed by atoms with Crippen LogP contribution in [0.4, 0.5) is 0 Å². The molecule has 0 saturated heterocycles. The average Bonchev–Trinajstić information content (AvgIpc) is 2.96. The summed E-state index contributed by atoms with van der Waals surface area (Å²) in [6.07, 6.45) is 0. The monoisotopic (exact) mass is 259 g/mol. The van der Waals surface area contributed by atoms with Crippen LogP contribution >= 0.6 is 11.5 Å². The number of hydrogen-bond acceptors (Lipinski definition) is 4. The van der Waals surface area contributed by atoms with E-state index >= 15 is 0 Å². The van der Waals surface area contributed by atoms with Gasteiger partial charge in [0.05, 0.1) is 16.1 Å². The molecule has 0 aliphatic carbocycles. The Morgan fingerprint density at radius 1 is 1.39 bits per heavy atom. The highest BCUT2D eigenvalue weighted by molar-refractivity contribution is 7.13. The van der Waals surface area contributed by atoms with Gasteiger partial charge in [-0.1, -0.05) is 12.1 Å². The molecule has 0 amide bonds. The summed E-state index contributed by atoms with van der Waals surface area (Å²) >= 11 is 1.43. The van der Waals surface area contributed by atoms with Gasteiger partial charge < -0.3 is 5.11 Å². The minimum Gasteiger partial charge on any atom is -0.477 e. The van der Waals surface area contributed by atoms with Gasteiger partial charge in [0.2, 0.25) is 0 Å². The SMILES string of the molecule is Cc1nsc2cc(-c3cc(C(=O)O)[nH]n3)ccc12. The molecule has 3 aromatic rings. The second-order valence-electron chi connectivity index (χ2n) is 3.95. The van der Waals surface area contributed by atoms with Gasteiger partial charge in [-0.2, -0.15) is 9.47 Å².